The zero-order valence-electron chi connectivity index (χ0n) is 11.0. The minimum atomic E-state index is 0.00444. The lowest BCUT2D eigenvalue weighted by Gasteiger charge is -2.19. The number of fused-ring (bicyclic) bond motifs is 1. The third-order valence-electron chi connectivity index (χ3n) is 3.94. The molecule has 4 heteroatoms. The molecule has 1 fully saturated rings. The van der Waals surface area contributed by atoms with Crippen LogP contribution in [-0.4, -0.2) is 14.5 Å². The first kappa shape index (κ1) is 11.7. The van der Waals surface area contributed by atoms with Crippen molar-refractivity contribution in [3.63, 3.8) is 0 Å². The molecule has 2 unspecified atom stereocenters. The lowest BCUT2D eigenvalue weighted by Crippen LogP contribution is -2.22. The van der Waals surface area contributed by atoms with E-state index in [2.05, 4.69) is 23.4 Å². The molecular weight excluding hydrogens is 224 g/mol. The Morgan fingerprint density at radius 1 is 1.50 bits per heavy atom. The van der Waals surface area contributed by atoms with Crippen LogP contribution in [0.5, 0.6) is 0 Å². The predicted molar refractivity (Wildman–Crippen MR) is 72.2 cm³/mol. The summed E-state index contributed by atoms with van der Waals surface area (Å²) < 4.78 is 2.27. The molecule has 18 heavy (non-hydrogen) atoms. The molecule has 3 rings (SSSR count). The van der Waals surface area contributed by atoms with Gasteiger partial charge in [0.15, 0.2) is 5.65 Å². The Morgan fingerprint density at radius 2 is 2.28 bits per heavy atom. The normalized spacial score (nSPS) is 19.1. The minimum Gasteiger partial charge on any atom is -0.321 e. The second-order valence-corrected chi connectivity index (χ2v) is 5.33. The summed E-state index contributed by atoms with van der Waals surface area (Å²) in [4.78, 5) is 9.19. The van der Waals surface area contributed by atoms with Gasteiger partial charge in [-0.05, 0) is 30.9 Å². The van der Waals surface area contributed by atoms with Crippen molar-refractivity contribution >= 4 is 11.2 Å². The predicted octanol–water partition coefficient (Wildman–Crippen LogP) is 2.81. The van der Waals surface area contributed by atoms with Crippen molar-refractivity contribution in [1.29, 1.82) is 0 Å². The highest BCUT2D eigenvalue weighted by Gasteiger charge is 2.31. The minimum absolute atomic E-state index is 0.00444. The van der Waals surface area contributed by atoms with E-state index in [4.69, 9.17) is 10.7 Å². The molecule has 2 atom stereocenters. The SMILES string of the molecule is CCC(C)C(N)c1nc2cccnc2n1C1CC1. The number of hydrogen-bond donors (Lipinski definition) is 1. The number of nitrogens with zero attached hydrogens (tertiary/aromatic N) is 3. The largest absolute Gasteiger partial charge is 0.321 e. The van der Waals surface area contributed by atoms with Gasteiger partial charge in [0.25, 0.3) is 0 Å². The third-order valence-corrected chi connectivity index (χ3v) is 3.94. The van der Waals surface area contributed by atoms with E-state index < -0.39 is 0 Å². The van der Waals surface area contributed by atoms with Crippen molar-refractivity contribution in [3.8, 4) is 0 Å². The van der Waals surface area contributed by atoms with Crippen LogP contribution in [0.15, 0.2) is 18.3 Å². The van der Waals surface area contributed by atoms with E-state index in [-0.39, 0.29) is 6.04 Å². The average molecular weight is 244 g/mol. The van der Waals surface area contributed by atoms with Crippen molar-refractivity contribution in [3.05, 3.63) is 24.2 Å². The maximum Gasteiger partial charge on any atom is 0.160 e. The first-order valence-electron chi connectivity index (χ1n) is 6.80. The molecule has 1 saturated carbocycles. The zero-order valence-corrected chi connectivity index (χ0v) is 11.0. The highest BCUT2D eigenvalue weighted by molar-refractivity contribution is 5.71. The average Bonchev–Trinajstić information content (AvgIpc) is 3.16. The first-order valence-corrected chi connectivity index (χ1v) is 6.80. The molecule has 0 radical (unpaired) electrons. The zero-order chi connectivity index (χ0) is 12.7. The van der Waals surface area contributed by atoms with Crippen LogP contribution in [0.3, 0.4) is 0 Å². The number of aromatic nitrogens is 3. The number of nitrogens with two attached hydrogens (primary N) is 1. The Balaban J connectivity index is 2.12. The monoisotopic (exact) mass is 244 g/mol. The maximum atomic E-state index is 6.37. The lowest BCUT2D eigenvalue weighted by atomic mass is 9.99. The molecule has 0 bridgehead atoms. The Morgan fingerprint density at radius 3 is 2.94 bits per heavy atom. The van der Waals surface area contributed by atoms with Crippen molar-refractivity contribution < 1.29 is 0 Å². The summed E-state index contributed by atoms with van der Waals surface area (Å²) in [7, 11) is 0. The number of imidazole rings is 1. The molecular formula is C14H20N4. The van der Waals surface area contributed by atoms with Gasteiger partial charge in [0, 0.05) is 12.2 Å². The van der Waals surface area contributed by atoms with Crippen LogP contribution in [0.2, 0.25) is 0 Å². The molecule has 0 aromatic carbocycles. The van der Waals surface area contributed by atoms with Crippen LogP contribution < -0.4 is 5.73 Å². The van der Waals surface area contributed by atoms with E-state index in [1.54, 1.807) is 0 Å². The van der Waals surface area contributed by atoms with Gasteiger partial charge in [-0.25, -0.2) is 9.97 Å². The molecule has 96 valence electrons. The third kappa shape index (κ3) is 1.81. The van der Waals surface area contributed by atoms with Gasteiger partial charge in [-0.15, -0.1) is 0 Å². The van der Waals surface area contributed by atoms with Crippen molar-refractivity contribution in [2.24, 2.45) is 11.7 Å². The van der Waals surface area contributed by atoms with Crippen LogP contribution in [0, 0.1) is 5.92 Å². The summed E-state index contributed by atoms with van der Waals surface area (Å²) >= 11 is 0. The van der Waals surface area contributed by atoms with E-state index >= 15 is 0 Å². The Kier molecular flexibility index (Phi) is 2.82. The molecule has 2 heterocycles. The van der Waals surface area contributed by atoms with E-state index in [0.29, 0.717) is 12.0 Å². The van der Waals surface area contributed by atoms with Gasteiger partial charge in [-0.3, -0.25) is 0 Å². The molecule has 2 aromatic heterocycles. The van der Waals surface area contributed by atoms with Gasteiger partial charge in [0.1, 0.15) is 11.3 Å². The highest BCUT2D eigenvalue weighted by Crippen LogP contribution is 2.40. The highest BCUT2D eigenvalue weighted by atomic mass is 15.2. The van der Waals surface area contributed by atoms with Crippen molar-refractivity contribution in [2.45, 2.75) is 45.2 Å². The van der Waals surface area contributed by atoms with Crippen LogP contribution >= 0.6 is 0 Å². The van der Waals surface area contributed by atoms with Gasteiger partial charge >= 0.3 is 0 Å². The second-order valence-electron chi connectivity index (χ2n) is 5.33. The fourth-order valence-corrected chi connectivity index (χ4v) is 2.38. The van der Waals surface area contributed by atoms with Crippen LogP contribution in [0.25, 0.3) is 11.2 Å². The summed E-state index contributed by atoms with van der Waals surface area (Å²) in [5, 5.41) is 0. The number of rotatable bonds is 4. The van der Waals surface area contributed by atoms with Gasteiger partial charge < -0.3 is 10.3 Å². The van der Waals surface area contributed by atoms with Gasteiger partial charge in [-0.2, -0.15) is 0 Å². The van der Waals surface area contributed by atoms with Gasteiger partial charge in [0.05, 0.1) is 6.04 Å². The fourth-order valence-electron chi connectivity index (χ4n) is 2.38. The van der Waals surface area contributed by atoms with Crippen LogP contribution in [-0.2, 0) is 0 Å². The smallest absolute Gasteiger partial charge is 0.160 e. The summed E-state index contributed by atoms with van der Waals surface area (Å²) in [5.74, 6) is 1.46. The molecule has 1 aliphatic carbocycles. The molecule has 0 aliphatic heterocycles. The summed E-state index contributed by atoms with van der Waals surface area (Å²) in [6.45, 7) is 4.36. The Labute approximate surface area is 107 Å². The topological polar surface area (TPSA) is 56.7 Å². The van der Waals surface area contributed by atoms with E-state index in [9.17, 15) is 0 Å². The molecule has 2 aromatic rings. The second kappa shape index (κ2) is 4.35. The van der Waals surface area contributed by atoms with E-state index in [0.717, 1.165) is 23.4 Å². The maximum absolute atomic E-state index is 6.37. The van der Waals surface area contributed by atoms with Crippen LogP contribution in [0.4, 0.5) is 0 Å². The standard InChI is InChI=1S/C14H20N4/c1-3-9(2)12(15)14-17-11-5-4-8-16-13(11)18(14)10-6-7-10/h4-5,8-10,12H,3,6-7,15H2,1-2H3. The number of hydrogen-bond acceptors (Lipinski definition) is 3. The summed E-state index contributed by atoms with van der Waals surface area (Å²) in [5.41, 5.74) is 8.33. The molecule has 1 aliphatic rings. The lowest BCUT2D eigenvalue weighted by molar-refractivity contribution is 0.425. The van der Waals surface area contributed by atoms with E-state index in [1.165, 1.54) is 12.8 Å². The Bertz CT molecular complexity index is 556. The summed E-state index contributed by atoms with van der Waals surface area (Å²) in [6, 6.07) is 4.53. The van der Waals surface area contributed by atoms with Crippen LogP contribution in [0.1, 0.15) is 51.0 Å². The molecule has 0 spiro atoms. The van der Waals surface area contributed by atoms with Gasteiger partial charge in [-0.1, -0.05) is 20.3 Å². The summed E-state index contributed by atoms with van der Waals surface area (Å²) in [6.07, 6.45) is 5.36. The van der Waals surface area contributed by atoms with E-state index in [1.807, 2.05) is 18.3 Å². The van der Waals surface area contributed by atoms with Gasteiger partial charge in [0.2, 0.25) is 0 Å². The number of pyridine rings is 1. The molecule has 0 amide bonds. The quantitative estimate of drug-likeness (QED) is 0.899. The molecule has 2 N–H and O–H groups in total. The van der Waals surface area contributed by atoms with Crippen molar-refractivity contribution in [1.82, 2.24) is 14.5 Å². The van der Waals surface area contributed by atoms with Crippen molar-refractivity contribution in [2.75, 3.05) is 0 Å². The molecule has 4 nitrogen and oxygen atoms in total. The molecule has 0 saturated heterocycles. The Hall–Kier alpha value is -1.42. The first-order chi connectivity index (χ1) is 8.72. The fraction of sp³-hybridized carbons (Fsp3) is 0.571.